The van der Waals surface area contributed by atoms with Crippen LogP contribution >= 0.6 is 22.6 Å². The largest absolute Gasteiger partial charge is 0.231 e. The van der Waals surface area contributed by atoms with Crippen molar-refractivity contribution >= 4 is 22.6 Å². The predicted octanol–water partition coefficient (Wildman–Crippen LogP) is 3.09. The van der Waals surface area contributed by atoms with Gasteiger partial charge in [0.05, 0.1) is 0 Å². The Hall–Kier alpha value is -0.120. The fraction of sp³-hybridized carbons (Fsp3) is 0.143. The van der Waals surface area contributed by atoms with Crippen molar-refractivity contribution in [2.45, 2.75) is 4.18 Å². The van der Waals surface area contributed by atoms with E-state index in [1.807, 2.05) is 18.2 Å². The minimum absolute atomic E-state index is 0.734. The van der Waals surface area contributed by atoms with Crippen LogP contribution in [0.25, 0.3) is 0 Å². The number of benzene rings is 1. The highest BCUT2D eigenvalue weighted by molar-refractivity contribution is 14.1. The lowest BCUT2D eigenvalue weighted by molar-refractivity contribution is 0.490. The summed E-state index contributed by atoms with van der Waals surface area (Å²) in [6.07, 6.45) is 0. The van der Waals surface area contributed by atoms with Crippen molar-refractivity contribution in [1.82, 2.24) is 0 Å². The van der Waals surface area contributed by atoms with Crippen molar-refractivity contribution in [3.8, 4) is 0 Å². The van der Waals surface area contributed by atoms with Crippen LogP contribution in [0.1, 0.15) is 9.74 Å². The highest BCUT2D eigenvalue weighted by atomic mass is 127. The van der Waals surface area contributed by atoms with Crippen LogP contribution in [0.15, 0.2) is 30.3 Å². The van der Waals surface area contributed by atoms with E-state index in [1.165, 1.54) is 0 Å². The van der Waals surface area contributed by atoms with Crippen LogP contribution in [0.2, 0.25) is 0 Å². The van der Waals surface area contributed by atoms with E-state index in [0.717, 1.165) is 5.56 Å². The Morgan fingerprint density at radius 3 is 2.11 bits per heavy atom. The summed E-state index contributed by atoms with van der Waals surface area (Å²) in [6, 6.07) is 9.10. The summed E-state index contributed by atoms with van der Waals surface area (Å²) < 4.78 is 11.5. The SMILES string of the molecule is FC(I)c1ccccc1. The molecule has 0 N–H and O–H groups in total. The molecule has 9 heavy (non-hydrogen) atoms. The van der Waals surface area contributed by atoms with Crippen LogP contribution in [0.4, 0.5) is 4.39 Å². The fourth-order valence-corrected chi connectivity index (χ4v) is 1.01. The summed E-state index contributed by atoms with van der Waals surface area (Å²) >= 11 is 1.74. The zero-order valence-electron chi connectivity index (χ0n) is 4.72. The molecule has 48 valence electrons. The molecular weight excluding hydrogens is 230 g/mol. The smallest absolute Gasteiger partial charge is 0.176 e. The average molecular weight is 236 g/mol. The second-order valence-corrected chi connectivity index (χ2v) is 2.81. The van der Waals surface area contributed by atoms with Crippen molar-refractivity contribution in [3.63, 3.8) is 0 Å². The Bertz CT molecular complexity index is 172. The van der Waals surface area contributed by atoms with E-state index in [2.05, 4.69) is 0 Å². The van der Waals surface area contributed by atoms with Gasteiger partial charge in [0.2, 0.25) is 0 Å². The lowest BCUT2D eigenvalue weighted by atomic mass is 10.2. The molecule has 0 saturated heterocycles. The molecule has 0 aliphatic carbocycles. The van der Waals surface area contributed by atoms with Gasteiger partial charge in [-0.1, -0.05) is 30.3 Å². The van der Waals surface area contributed by atoms with Crippen molar-refractivity contribution in [2.24, 2.45) is 0 Å². The van der Waals surface area contributed by atoms with Gasteiger partial charge in [-0.05, 0) is 28.2 Å². The van der Waals surface area contributed by atoms with Gasteiger partial charge in [-0.3, -0.25) is 0 Å². The molecular formula is C7H6FI. The highest BCUT2D eigenvalue weighted by Crippen LogP contribution is 2.23. The standard InChI is InChI=1S/C7H6FI/c8-7(9)6-4-2-1-3-5-6/h1-5,7H. The second kappa shape index (κ2) is 3.15. The molecule has 0 aromatic heterocycles. The summed E-state index contributed by atoms with van der Waals surface area (Å²) in [4.78, 5) is 0. The van der Waals surface area contributed by atoms with Crippen LogP contribution < -0.4 is 0 Å². The first-order valence-corrected chi connectivity index (χ1v) is 3.88. The third-order valence-corrected chi connectivity index (χ3v) is 1.77. The first kappa shape index (κ1) is 6.99. The van der Waals surface area contributed by atoms with Gasteiger partial charge in [-0.2, -0.15) is 0 Å². The number of rotatable bonds is 1. The molecule has 0 aliphatic heterocycles. The Morgan fingerprint density at radius 2 is 1.78 bits per heavy atom. The lowest BCUT2D eigenvalue weighted by Gasteiger charge is -1.96. The molecule has 1 aromatic carbocycles. The van der Waals surface area contributed by atoms with Gasteiger partial charge in [0.15, 0.2) is 4.18 Å². The van der Waals surface area contributed by atoms with E-state index in [9.17, 15) is 4.39 Å². The molecule has 2 heteroatoms. The van der Waals surface area contributed by atoms with E-state index >= 15 is 0 Å². The maximum atomic E-state index is 12.4. The molecule has 0 radical (unpaired) electrons. The minimum atomic E-state index is -0.871. The number of hydrogen-bond acceptors (Lipinski definition) is 0. The monoisotopic (exact) mass is 236 g/mol. The summed E-state index contributed by atoms with van der Waals surface area (Å²) in [6.45, 7) is 0. The normalized spacial score (nSPS) is 13.1. The van der Waals surface area contributed by atoms with Gasteiger partial charge in [0.25, 0.3) is 0 Å². The average Bonchev–Trinajstić information content (AvgIpc) is 1.90. The van der Waals surface area contributed by atoms with Crippen molar-refractivity contribution in [1.29, 1.82) is 0 Å². The summed E-state index contributed by atoms with van der Waals surface area (Å²) in [5, 5.41) is 0. The first-order valence-electron chi connectivity index (χ1n) is 2.64. The number of halogens is 2. The minimum Gasteiger partial charge on any atom is -0.231 e. The second-order valence-electron chi connectivity index (χ2n) is 1.71. The van der Waals surface area contributed by atoms with Crippen LogP contribution in [-0.4, -0.2) is 0 Å². The quantitative estimate of drug-likeness (QED) is 0.519. The summed E-state index contributed by atoms with van der Waals surface area (Å²) in [5.74, 6) is 0. The molecule has 0 heterocycles. The van der Waals surface area contributed by atoms with Crippen molar-refractivity contribution < 1.29 is 4.39 Å². The molecule has 0 fully saturated rings. The van der Waals surface area contributed by atoms with Crippen LogP contribution in [0.3, 0.4) is 0 Å². The zero-order chi connectivity index (χ0) is 6.69. The van der Waals surface area contributed by atoms with Gasteiger partial charge < -0.3 is 0 Å². The van der Waals surface area contributed by atoms with E-state index in [4.69, 9.17) is 0 Å². The van der Waals surface area contributed by atoms with Crippen LogP contribution in [0.5, 0.6) is 0 Å². The third kappa shape index (κ3) is 1.93. The van der Waals surface area contributed by atoms with Gasteiger partial charge in [0.1, 0.15) is 0 Å². The lowest BCUT2D eigenvalue weighted by Crippen LogP contribution is -1.77. The molecule has 0 saturated carbocycles. The molecule has 1 aromatic rings. The maximum Gasteiger partial charge on any atom is 0.176 e. The molecule has 0 spiro atoms. The third-order valence-electron chi connectivity index (χ3n) is 1.05. The topological polar surface area (TPSA) is 0 Å². The maximum absolute atomic E-state index is 12.4. The molecule has 1 rings (SSSR count). The fourth-order valence-electron chi connectivity index (χ4n) is 0.599. The molecule has 0 aliphatic rings. The molecule has 1 atom stereocenters. The van der Waals surface area contributed by atoms with Crippen molar-refractivity contribution in [3.05, 3.63) is 35.9 Å². The van der Waals surface area contributed by atoms with Gasteiger partial charge in [0, 0.05) is 0 Å². The Kier molecular flexibility index (Phi) is 2.45. The first-order chi connectivity index (χ1) is 4.30. The summed E-state index contributed by atoms with van der Waals surface area (Å²) in [7, 11) is 0. The van der Waals surface area contributed by atoms with E-state index < -0.39 is 4.18 Å². The van der Waals surface area contributed by atoms with Gasteiger partial charge in [-0.15, -0.1) is 0 Å². The summed E-state index contributed by atoms with van der Waals surface area (Å²) in [5.41, 5.74) is 0.734. The molecule has 1 unspecified atom stereocenters. The molecule has 0 bridgehead atoms. The Morgan fingerprint density at radius 1 is 1.22 bits per heavy atom. The van der Waals surface area contributed by atoms with Crippen molar-refractivity contribution in [2.75, 3.05) is 0 Å². The Labute approximate surface area is 67.2 Å². The van der Waals surface area contributed by atoms with E-state index in [1.54, 1.807) is 34.7 Å². The predicted molar refractivity (Wildman–Crippen MR) is 44.3 cm³/mol. The number of alkyl halides is 2. The van der Waals surface area contributed by atoms with Gasteiger partial charge in [-0.25, -0.2) is 4.39 Å². The van der Waals surface area contributed by atoms with Crippen LogP contribution in [-0.2, 0) is 0 Å². The number of hydrogen-bond donors (Lipinski definition) is 0. The van der Waals surface area contributed by atoms with E-state index in [0.29, 0.717) is 0 Å². The molecule has 0 nitrogen and oxygen atoms in total. The van der Waals surface area contributed by atoms with Gasteiger partial charge >= 0.3 is 0 Å². The Balaban J connectivity index is 2.85. The molecule has 0 amide bonds. The zero-order valence-corrected chi connectivity index (χ0v) is 6.88. The highest BCUT2D eigenvalue weighted by Gasteiger charge is 1.99. The van der Waals surface area contributed by atoms with E-state index in [-0.39, 0.29) is 0 Å². The van der Waals surface area contributed by atoms with Crippen LogP contribution in [0, 0.1) is 0 Å².